The molecule has 4 N–H and O–H groups in total. The van der Waals surface area contributed by atoms with Crippen LogP contribution in [0.3, 0.4) is 0 Å². The maximum absolute atomic E-state index is 5.38. The van der Waals surface area contributed by atoms with Gasteiger partial charge in [-0.1, -0.05) is 12.1 Å². The minimum absolute atomic E-state index is 0.465. The zero-order valence-corrected chi connectivity index (χ0v) is 7.90. The molecule has 0 unspecified atom stereocenters. The monoisotopic (exact) mass is 181 g/mol. The fourth-order valence-electron chi connectivity index (χ4n) is 0.979. The van der Waals surface area contributed by atoms with Crippen molar-refractivity contribution in [3.8, 4) is 0 Å². The van der Waals surface area contributed by atoms with Crippen LogP contribution in [-0.2, 0) is 6.42 Å². The van der Waals surface area contributed by atoms with Crippen LogP contribution in [0.1, 0.15) is 5.56 Å². The van der Waals surface area contributed by atoms with Crippen molar-refractivity contribution in [2.24, 2.45) is 5.73 Å². The van der Waals surface area contributed by atoms with E-state index in [1.54, 1.807) is 11.8 Å². The van der Waals surface area contributed by atoms with Crippen LogP contribution >= 0.6 is 11.8 Å². The van der Waals surface area contributed by atoms with Gasteiger partial charge in [-0.3, -0.25) is 11.1 Å². The van der Waals surface area contributed by atoms with Crippen molar-refractivity contribution in [2.45, 2.75) is 11.3 Å². The molecule has 3 heteroatoms. The van der Waals surface area contributed by atoms with Crippen molar-refractivity contribution < 1.29 is 5.41 Å². The smallest absolute Gasteiger partial charge is 0.242 e. The molecule has 1 aromatic rings. The summed E-state index contributed by atoms with van der Waals surface area (Å²) in [5.41, 5.74) is 6.54. The van der Waals surface area contributed by atoms with Gasteiger partial charge in [-0.2, -0.15) is 0 Å². The summed E-state index contributed by atoms with van der Waals surface area (Å²) in [5.74, 6) is 0.465. The molecular weight excluding hydrogens is 168 g/mol. The lowest BCUT2D eigenvalue weighted by molar-refractivity contribution is -0.117. The van der Waals surface area contributed by atoms with Gasteiger partial charge in [0, 0.05) is 4.90 Å². The topological polar surface area (TPSA) is 51.6 Å². The molecule has 0 spiro atoms. The highest BCUT2D eigenvalue weighted by Crippen LogP contribution is 2.14. The Hall–Kier alpha value is -0.960. The van der Waals surface area contributed by atoms with Crippen LogP contribution in [-0.4, -0.2) is 12.1 Å². The molecule has 0 amide bonds. The second kappa shape index (κ2) is 4.16. The fourth-order valence-corrected chi connectivity index (χ4v) is 1.39. The molecular formula is C9H13N2S+. The predicted octanol–water partition coefficient (Wildman–Crippen LogP) is 0.0673. The normalized spacial score (nSPS) is 9.75. The maximum Gasteiger partial charge on any atom is 0.242 e. The molecule has 12 heavy (non-hydrogen) atoms. The quantitative estimate of drug-likeness (QED) is 0.394. The Balaban J connectivity index is 2.71. The molecule has 0 atom stereocenters. The Kier molecular flexibility index (Phi) is 3.17. The van der Waals surface area contributed by atoms with E-state index in [2.05, 4.69) is 18.4 Å². The van der Waals surface area contributed by atoms with Gasteiger partial charge in [-0.05, 0) is 24.0 Å². The third kappa shape index (κ3) is 2.58. The first kappa shape index (κ1) is 9.13. The Morgan fingerprint density at radius 1 is 1.42 bits per heavy atom. The number of benzene rings is 1. The second-order valence-electron chi connectivity index (χ2n) is 2.60. The Labute approximate surface area is 76.7 Å². The summed E-state index contributed by atoms with van der Waals surface area (Å²) in [7, 11) is 0. The van der Waals surface area contributed by atoms with Crippen molar-refractivity contribution in [3.05, 3.63) is 29.8 Å². The zero-order valence-electron chi connectivity index (χ0n) is 7.08. The summed E-state index contributed by atoms with van der Waals surface area (Å²) < 4.78 is 0. The Morgan fingerprint density at radius 3 is 2.42 bits per heavy atom. The molecule has 0 saturated carbocycles. The lowest BCUT2D eigenvalue weighted by Gasteiger charge is -1.98. The second-order valence-corrected chi connectivity index (χ2v) is 3.48. The molecule has 0 bridgehead atoms. The van der Waals surface area contributed by atoms with E-state index in [0.29, 0.717) is 12.3 Å². The van der Waals surface area contributed by atoms with Gasteiger partial charge < -0.3 is 0 Å². The Bertz CT molecular complexity index is 266. The van der Waals surface area contributed by atoms with Gasteiger partial charge in [0.25, 0.3) is 0 Å². The fraction of sp³-hybridized carbons (Fsp3) is 0.222. The molecule has 1 rings (SSSR count). The molecule has 0 aliphatic carbocycles. The van der Waals surface area contributed by atoms with E-state index in [9.17, 15) is 0 Å². The van der Waals surface area contributed by atoms with Gasteiger partial charge >= 0.3 is 0 Å². The van der Waals surface area contributed by atoms with Gasteiger partial charge in [0.05, 0.1) is 6.42 Å². The number of nitrogens with two attached hydrogens (primary N) is 2. The number of hydrogen-bond acceptors (Lipinski definition) is 1. The highest BCUT2D eigenvalue weighted by Gasteiger charge is 1.98. The molecule has 1 aromatic carbocycles. The van der Waals surface area contributed by atoms with Gasteiger partial charge in [-0.15, -0.1) is 11.8 Å². The first-order chi connectivity index (χ1) is 5.72. The molecule has 0 aliphatic rings. The van der Waals surface area contributed by atoms with Crippen LogP contribution in [0.15, 0.2) is 29.2 Å². The largest absolute Gasteiger partial charge is 0.291 e. The molecule has 0 saturated heterocycles. The minimum atomic E-state index is 0.465. The molecule has 0 aliphatic heterocycles. The average Bonchev–Trinajstić information content (AvgIpc) is 2.05. The van der Waals surface area contributed by atoms with E-state index in [4.69, 9.17) is 11.1 Å². The highest BCUT2D eigenvalue weighted by atomic mass is 32.2. The van der Waals surface area contributed by atoms with E-state index >= 15 is 0 Å². The third-order valence-electron chi connectivity index (χ3n) is 1.57. The maximum atomic E-state index is 5.38. The standard InChI is InChI=1S/C9H12N2S/c1-12-8-4-2-7(3-5-8)6-9(10)11/h2-5H,6H2,1H3,(H3,10,11)/p+1. The first-order valence-electron chi connectivity index (χ1n) is 3.72. The van der Waals surface area contributed by atoms with E-state index in [-0.39, 0.29) is 0 Å². The third-order valence-corrected chi connectivity index (χ3v) is 2.31. The summed E-state index contributed by atoms with van der Waals surface area (Å²) in [4.78, 5) is 1.26. The van der Waals surface area contributed by atoms with E-state index in [1.165, 1.54) is 4.90 Å². The SMILES string of the molecule is CSc1ccc(CC(N)=[NH2+])cc1. The van der Waals surface area contributed by atoms with Gasteiger partial charge in [0.1, 0.15) is 0 Å². The molecule has 2 nitrogen and oxygen atoms in total. The number of thioether (sulfide) groups is 1. The summed E-state index contributed by atoms with van der Waals surface area (Å²) in [6.07, 6.45) is 2.72. The summed E-state index contributed by atoms with van der Waals surface area (Å²) in [6, 6.07) is 8.24. The highest BCUT2D eigenvalue weighted by molar-refractivity contribution is 7.98. The van der Waals surface area contributed by atoms with Crippen LogP contribution in [0.2, 0.25) is 0 Å². The van der Waals surface area contributed by atoms with Crippen LogP contribution in [0, 0.1) is 0 Å². The van der Waals surface area contributed by atoms with Crippen molar-refractivity contribution in [1.82, 2.24) is 0 Å². The minimum Gasteiger partial charge on any atom is -0.291 e. The van der Waals surface area contributed by atoms with Crippen molar-refractivity contribution in [2.75, 3.05) is 6.26 Å². The van der Waals surface area contributed by atoms with Crippen molar-refractivity contribution in [1.29, 1.82) is 0 Å². The van der Waals surface area contributed by atoms with Gasteiger partial charge in [-0.25, -0.2) is 0 Å². The molecule has 0 fully saturated rings. The molecule has 0 aromatic heterocycles. The van der Waals surface area contributed by atoms with Crippen LogP contribution < -0.4 is 11.1 Å². The van der Waals surface area contributed by atoms with E-state index < -0.39 is 0 Å². The van der Waals surface area contributed by atoms with Crippen LogP contribution in [0.5, 0.6) is 0 Å². The van der Waals surface area contributed by atoms with Crippen LogP contribution in [0.25, 0.3) is 0 Å². The molecule has 64 valence electrons. The Morgan fingerprint density at radius 2 is 2.00 bits per heavy atom. The van der Waals surface area contributed by atoms with Crippen molar-refractivity contribution >= 4 is 17.6 Å². The molecule has 0 heterocycles. The number of hydrogen-bond donors (Lipinski definition) is 2. The molecule has 0 radical (unpaired) electrons. The van der Waals surface area contributed by atoms with Gasteiger partial charge in [0.2, 0.25) is 5.84 Å². The lowest BCUT2D eigenvalue weighted by atomic mass is 10.1. The summed E-state index contributed by atoms with van der Waals surface area (Å²) in [5, 5.41) is 5.38. The number of amidine groups is 1. The van der Waals surface area contributed by atoms with Crippen LogP contribution in [0.4, 0.5) is 0 Å². The summed E-state index contributed by atoms with van der Waals surface area (Å²) >= 11 is 1.73. The zero-order chi connectivity index (χ0) is 8.97. The first-order valence-corrected chi connectivity index (χ1v) is 4.94. The van der Waals surface area contributed by atoms with Gasteiger partial charge in [0.15, 0.2) is 0 Å². The lowest BCUT2D eigenvalue weighted by Crippen LogP contribution is -2.46. The van der Waals surface area contributed by atoms with Crippen molar-refractivity contribution in [3.63, 3.8) is 0 Å². The van der Waals surface area contributed by atoms with E-state index in [1.807, 2.05) is 12.1 Å². The average molecular weight is 181 g/mol. The number of rotatable bonds is 3. The summed E-state index contributed by atoms with van der Waals surface area (Å²) in [6.45, 7) is 0. The predicted molar refractivity (Wildman–Crippen MR) is 53.0 cm³/mol. The van der Waals surface area contributed by atoms with E-state index in [0.717, 1.165) is 5.56 Å².